The number of methoxy groups -OCH3 is 1. The van der Waals surface area contributed by atoms with Crippen LogP contribution in [0.4, 0.5) is 5.82 Å². The number of rotatable bonds is 4. The van der Waals surface area contributed by atoms with Gasteiger partial charge in [0.05, 0.1) is 12.2 Å². The molecule has 0 spiro atoms. The Labute approximate surface area is 134 Å². The number of anilines is 1. The van der Waals surface area contributed by atoms with Crippen molar-refractivity contribution in [1.29, 1.82) is 0 Å². The van der Waals surface area contributed by atoms with E-state index in [1.54, 1.807) is 24.6 Å². The summed E-state index contributed by atoms with van der Waals surface area (Å²) in [5.41, 5.74) is 1.85. The number of hydrogen-bond donors (Lipinski definition) is 0. The van der Waals surface area contributed by atoms with Crippen LogP contribution >= 0.6 is 11.3 Å². The second-order valence-corrected chi connectivity index (χ2v) is 5.98. The Balaban J connectivity index is 1.83. The maximum absolute atomic E-state index is 12.6. The van der Waals surface area contributed by atoms with Crippen molar-refractivity contribution in [3.8, 4) is 0 Å². The molecule has 0 aliphatic carbocycles. The first-order chi connectivity index (χ1) is 10.8. The van der Waals surface area contributed by atoms with Gasteiger partial charge in [0.25, 0.3) is 5.91 Å². The molecule has 2 aromatic rings. The molecule has 0 fully saturated rings. The standard InChI is InChI=1S/C16H19N3O2S/c1-21-9-8-18-6-7-19(16(20)14-4-10-22-12-14)11-13-3-2-5-17-15(13)18/h2-5,10,12H,6-9,11H2,1H3. The highest BCUT2D eigenvalue weighted by atomic mass is 32.1. The number of pyridine rings is 1. The summed E-state index contributed by atoms with van der Waals surface area (Å²) < 4.78 is 5.19. The van der Waals surface area contributed by atoms with E-state index in [1.165, 1.54) is 0 Å². The minimum Gasteiger partial charge on any atom is -0.383 e. The average molecular weight is 317 g/mol. The lowest BCUT2D eigenvalue weighted by molar-refractivity contribution is 0.0751. The molecule has 1 aliphatic rings. The lowest BCUT2D eigenvalue weighted by atomic mass is 10.2. The summed E-state index contributed by atoms with van der Waals surface area (Å²) in [4.78, 5) is 21.2. The van der Waals surface area contributed by atoms with Gasteiger partial charge in [0.1, 0.15) is 5.82 Å². The lowest BCUT2D eigenvalue weighted by Crippen LogP contribution is -2.36. The lowest BCUT2D eigenvalue weighted by Gasteiger charge is -2.23. The van der Waals surface area contributed by atoms with Gasteiger partial charge in [-0.1, -0.05) is 6.07 Å². The van der Waals surface area contributed by atoms with Crippen molar-refractivity contribution in [3.63, 3.8) is 0 Å². The smallest absolute Gasteiger partial charge is 0.255 e. The van der Waals surface area contributed by atoms with E-state index in [4.69, 9.17) is 4.74 Å². The molecule has 5 nitrogen and oxygen atoms in total. The zero-order valence-electron chi connectivity index (χ0n) is 12.6. The van der Waals surface area contributed by atoms with Gasteiger partial charge in [-0.05, 0) is 17.5 Å². The van der Waals surface area contributed by atoms with E-state index in [9.17, 15) is 4.79 Å². The number of hydrogen-bond acceptors (Lipinski definition) is 5. The average Bonchev–Trinajstić information content (AvgIpc) is 3.01. The van der Waals surface area contributed by atoms with Crippen LogP contribution in [0.25, 0.3) is 0 Å². The highest BCUT2D eigenvalue weighted by molar-refractivity contribution is 7.08. The van der Waals surface area contributed by atoms with Crippen LogP contribution in [0.15, 0.2) is 35.2 Å². The van der Waals surface area contributed by atoms with E-state index in [1.807, 2.05) is 33.9 Å². The van der Waals surface area contributed by atoms with Crippen molar-refractivity contribution in [3.05, 3.63) is 46.3 Å². The number of aromatic nitrogens is 1. The van der Waals surface area contributed by atoms with Gasteiger partial charge >= 0.3 is 0 Å². The molecular formula is C16H19N3O2S. The Bertz CT molecular complexity index is 630. The van der Waals surface area contributed by atoms with Gasteiger partial charge in [0.2, 0.25) is 0 Å². The normalized spacial score (nSPS) is 14.6. The monoisotopic (exact) mass is 317 g/mol. The van der Waals surface area contributed by atoms with Crippen LogP contribution in [0.3, 0.4) is 0 Å². The SMILES string of the molecule is COCCN1CCN(C(=O)c2ccsc2)Cc2cccnc21. The molecule has 3 heterocycles. The second kappa shape index (κ2) is 6.89. The molecule has 2 aromatic heterocycles. The molecule has 6 heteroatoms. The fourth-order valence-corrected chi connectivity index (χ4v) is 3.26. The summed E-state index contributed by atoms with van der Waals surface area (Å²) in [5.74, 6) is 1.05. The quantitative estimate of drug-likeness (QED) is 0.868. The van der Waals surface area contributed by atoms with Crippen LogP contribution in [0.1, 0.15) is 15.9 Å². The van der Waals surface area contributed by atoms with Crippen LogP contribution in [-0.4, -0.2) is 49.1 Å². The molecular weight excluding hydrogens is 298 g/mol. The Morgan fingerprint density at radius 1 is 1.41 bits per heavy atom. The summed E-state index contributed by atoms with van der Waals surface area (Å²) in [5, 5.41) is 3.84. The summed E-state index contributed by atoms with van der Waals surface area (Å²) in [6.45, 7) is 3.48. The Hall–Kier alpha value is -1.92. The first-order valence-electron chi connectivity index (χ1n) is 7.29. The number of amides is 1. The third-order valence-electron chi connectivity index (χ3n) is 3.79. The van der Waals surface area contributed by atoms with Gasteiger partial charge in [0, 0.05) is 50.4 Å². The van der Waals surface area contributed by atoms with Gasteiger partial charge in [-0.3, -0.25) is 4.79 Å². The fraction of sp³-hybridized carbons (Fsp3) is 0.375. The van der Waals surface area contributed by atoms with E-state index in [0.717, 1.165) is 30.0 Å². The van der Waals surface area contributed by atoms with E-state index >= 15 is 0 Å². The molecule has 22 heavy (non-hydrogen) atoms. The van der Waals surface area contributed by atoms with Gasteiger partial charge in [-0.2, -0.15) is 11.3 Å². The Morgan fingerprint density at radius 3 is 3.09 bits per heavy atom. The van der Waals surface area contributed by atoms with Gasteiger partial charge < -0.3 is 14.5 Å². The topological polar surface area (TPSA) is 45.7 Å². The molecule has 0 saturated carbocycles. The van der Waals surface area contributed by atoms with E-state index in [0.29, 0.717) is 19.7 Å². The summed E-state index contributed by atoms with van der Waals surface area (Å²) >= 11 is 1.55. The molecule has 0 saturated heterocycles. The molecule has 1 aliphatic heterocycles. The summed E-state index contributed by atoms with van der Waals surface area (Å²) in [6.07, 6.45) is 1.80. The molecule has 1 amide bonds. The minimum absolute atomic E-state index is 0.0876. The van der Waals surface area contributed by atoms with Crippen LogP contribution in [-0.2, 0) is 11.3 Å². The molecule has 3 rings (SSSR count). The summed E-state index contributed by atoms with van der Waals surface area (Å²) in [7, 11) is 1.70. The molecule has 0 N–H and O–H groups in total. The van der Waals surface area contributed by atoms with Crippen LogP contribution < -0.4 is 4.90 Å². The fourth-order valence-electron chi connectivity index (χ4n) is 2.63. The van der Waals surface area contributed by atoms with Crippen molar-refractivity contribution >= 4 is 23.1 Å². The largest absolute Gasteiger partial charge is 0.383 e. The highest BCUT2D eigenvalue weighted by Crippen LogP contribution is 2.23. The third-order valence-corrected chi connectivity index (χ3v) is 4.47. The predicted octanol–water partition coefficient (Wildman–Crippen LogP) is 2.25. The van der Waals surface area contributed by atoms with Crippen molar-refractivity contribution in [1.82, 2.24) is 9.88 Å². The first kappa shape index (κ1) is 15.0. The van der Waals surface area contributed by atoms with Gasteiger partial charge in [-0.25, -0.2) is 4.98 Å². The van der Waals surface area contributed by atoms with E-state index in [2.05, 4.69) is 9.88 Å². The molecule has 0 unspecified atom stereocenters. The number of carbonyl (C=O) groups excluding carboxylic acids is 1. The minimum atomic E-state index is 0.0876. The molecule has 0 aromatic carbocycles. The summed E-state index contributed by atoms with van der Waals surface area (Å²) in [6, 6.07) is 5.85. The first-order valence-corrected chi connectivity index (χ1v) is 8.23. The predicted molar refractivity (Wildman–Crippen MR) is 87.4 cm³/mol. The number of ether oxygens (including phenoxy) is 1. The zero-order valence-corrected chi connectivity index (χ0v) is 13.4. The van der Waals surface area contributed by atoms with Crippen molar-refractivity contribution in [2.24, 2.45) is 0 Å². The Morgan fingerprint density at radius 2 is 2.32 bits per heavy atom. The number of carbonyl (C=O) groups is 1. The molecule has 0 bridgehead atoms. The maximum atomic E-state index is 12.6. The molecule has 0 radical (unpaired) electrons. The molecule has 0 atom stereocenters. The zero-order chi connectivity index (χ0) is 15.4. The van der Waals surface area contributed by atoms with E-state index < -0.39 is 0 Å². The van der Waals surface area contributed by atoms with Crippen molar-refractivity contribution < 1.29 is 9.53 Å². The van der Waals surface area contributed by atoms with Crippen LogP contribution in [0, 0.1) is 0 Å². The van der Waals surface area contributed by atoms with Crippen molar-refractivity contribution in [2.75, 3.05) is 38.3 Å². The highest BCUT2D eigenvalue weighted by Gasteiger charge is 2.24. The van der Waals surface area contributed by atoms with Gasteiger partial charge in [0.15, 0.2) is 0 Å². The number of thiophene rings is 1. The number of fused-ring (bicyclic) bond motifs is 1. The maximum Gasteiger partial charge on any atom is 0.255 e. The third kappa shape index (κ3) is 3.13. The van der Waals surface area contributed by atoms with Gasteiger partial charge in [-0.15, -0.1) is 0 Å². The van der Waals surface area contributed by atoms with Crippen LogP contribution in [0.5, 0.6) is 0 Å². The Kier molecular flexibility index (Phi) is 4.70. The van der Waals surface area contributed by atoms with E-state index in [-0.39, 0.29) is 5.91 Å². The second-order valence-electron chi connectivity index (χ2n) is 5.20. The van der Waals surface area contributed by atoms with Crippen LogP contribution in [0.2, 0.25) is 0 Å². The number of nitrogens with zero attached hydrogens (tertiary/aromatic N) is 3. The molecule has 116 valence electrons. The van der Waals surface area contributed by atoms with Crippen molar-refractivity contribution in [2.45, 2.75) is 6.54 Å².